The molecule has 0 saturated carbocycles. The van der Waals surface area contributed by atoms with Crippen LogP contribution in [-0.2, 0) is 4.74 Å². The van der Waals surface area contributed by atoms with Gasteiger partial charge in [-0.3, -0.25) is 4.68 Å². The van der Waals surface area contributed by atoms with Crippen molar-refractivity contribution >= 4 is 22.6 Å². The van der Waals surface area contributed by atoms with E-state index in [4.69, 9.17) is 4.74 Å². The van der Waals surface area contributed by atoms with Crippen molar-refractivity contribution in [1.82, 2.24) is 9.78 Å². The Morgan fingerprint density at radius 2 is 2.54 bits per heavy atom. The van der Waals surface area contributed by atoms with Crippen LogP contribution in [0.1, 0.15) is 24.4 Å². The number of nitrogens with zero attached hydrogens (tertiary/aromatic N) is 2. The molecule has 0 spiro atoms. The Bertz CT molecular complexity index is 272. The van der Waals surface area contributed by atoms with E-state index in [-0.39, 0.29) is 0 Å². The smallest absolute Gasteiger partial charge is 0.126 e. The molecule has 1 fully saturated rings. The van der Waals surface area contributed by atoms with Crippen molar-refractivity contribution in [2.24, 2.45) is 0 Å². The number of aromatic nitrogens is 2. The molecule has 0 radical (unpaired) electrons. The Kier molecular flexibility index (Phi) is 2.88. The number of rotatable bonds is 1. The van der Waals surface area contributed by atoms with E-state index < -0.39 is 0 Å². The molecule has 13 heavy (non-hydrogen) atoms. The molecule has 0 amide bonds. The zero-order chi connectivity index (χ0) is 9.26. The van der Waals surface area contributed by atoms with Crippen LogP contribution >= 0.6 is 22.6 Å². The first-order valence-corrected chi connectivity index (χ1v) is 5.64. The number of halogens is 1. The molecule has 0 N–H and O–H groups in total. The van der Waals surface area contributed by atoms with Gasteiger partial charge in [0.2, 0.25) is 0 Å². The Labute approximate surface area is 91.6 Å². The van der Waals surface area contributed by atoms with Gasteiger partial charge in [0.15, 0.2) is 0 Å². The highest BCUT2D eigenvalue weighted by molar-refractivity contribution is 14.1. The van der Waals surface area contributed by atoms with Gasteiger partial charge in [0.25, 0.3) is 0 Å². The van der Waals surface area contributed by atoms with Crippen LogP contribution in [0, 0.1) is 10.6 Å². The fraction of sp³-hybridized carbons (Fsp3) is 0.667. The number of hydrogen-bond donors (Lipinski definition) is 0. The molecule has 0 bridgehead atoms. The highest BCUT2D eigenvalue weighted by Crippen LogP contribution is 2.20. The summed E-state index contributed by atoms with van der Waals surface area (Å²) in [6.45, 7) is 3.82. The Balaban J connectivity index is 2.14. The third-order valence-electron chi connectivity index (χ3n) is 2.36. The summed E-state index contributed by atoms with van der Waals surface area (Å²) in [5, 5.41) is 4.46. The molecule has 4 heteroatoms. The van der Waals surface area contributed by atoms with Gasteiger partial charge in [-0.05, 0) is 42.4 Å². The van der Waals surface area contributed by atoms with Crippen LogP contribution in [0.4, 0.5) is 0 Å². The van der Waals surface area contributed by atoms with Gasteiger partial charge in [0.1, 0.15) is 3.70 Å². The number of hydrogen-bond acceptors (Lipinski definition) is 2. The first-order valence-electron chi connectivity index (χ1n) is 4.56. The monoisotopic (exact) mass is 292 g/mol. The predicted octanol–water partition coefficient (Wildman–Crippen LogP) is 2.15. The molecule has 1 atom stereocenters. The van der Waals surface area contributed by atoms with Gasteiger partial charge in [-0.1, -0.05) is 0 Å². The normalized spacial score (nSPS) is 23.4. The topological polar surface area (TPSA) is 27.1 Å². The molecule has 1 aromatic heterocycles. The summed E-state index contributed by atoms with van der Waals surface area (Å²) in [5.74, 6) is 0. The Hall–Kier alpha value is -0.100. The lowest BCUT2D eigenvalue weighted by molar-refractivity contribution is 0.0548. The third kappa shape index (κ3) is 2.04. The van der Waals surface area contributed by atoms with E-state index in [1.807, 2.05) is 0 Å². The summed E-state index contributed by atoms with van der Waals surface area (Å²) in [7, 11) is 0. The van der Waals surface area contributed by atoms with Crippen molar-refractivity contribution in [2.75, 3.05) is 13.2 Å². The minimum absolute atomic E-state index is 0.455. The molecule has 1 aromatic rings. The second kappa shape index (κ2) is 3.96. The number of aryl methyl sites for hydroxylation is 1. The predicted molar refractivity (Wildman–Crippen MR) is 58.8 cm³/mol. The lowest BCUT2D eigenvalue weighted by Gasteiger charge is -2.22. The SMILES string of the molecule is Cc1cn(C2CCCOC2)nc1I. The maximum atomic E-state index is 5.42. The van der Waals surface area contributed by atoms with Crippen LogP contribution in [0.3, 0.4) is 0 Å². The first-order chi connectivity index (χ1) is 6.27. The fourth-order valence-corrected chi connectivity index (χ4v) is 1.97. The average Bonchev–Trinajstić information content (AvgIpc) is 2.49. The Morgan fingerprint density at radius 3 is 3.08 bits per heavy atom. The van der Waals surface area contributed by atoms with Gasteiger partial charge in [-0.15, -0.1) is 0 Å². The van der Waals surface area contributed by atoms with E-state index >= 15 is 0 Å². The van der Waals surface area contributed by atoms with Crippen LogP contribution in [0.5, 0.6) is 0 Å². The second-order valence-electron chi connectivity index (χ2n) is 3.45. The summed E-state index contributed by atoms with van der Waals surface area (Å²) in [6, 6.07) is 0.455. The van der Waals surface area contributed by atoms with Crippen LogP contribution in [0.25, 0.3) is 0 Å². The number of ether oxygens (including phenoxy) is 1. The van der Waals surface area contributed by atoms with Gasteiger partial charge >= 0.3 is 0 Å². The van der Waals surface area contributed by atoms with Gasteiger partial charge in [0, 0.05) is 18.4 Å². The van der Waals surface area contributed by atoms with E-state index in [9.17, 15) is 0 Å². The van der Waals surface area contributed by atoms with Crippen LogP contribution in [0.15, 0.2) is 6.20 Å². The maximum absolute atomic E-state index is 5.42. The van der Waals surface area contributed by atoms with Crippen LogP contribution in [0.2, 0.25) is 0 Å². The van der Waals surface area contributed by atoms with Crippen molar-refractivity contribution in [3.8, 4) is 0 Å². The van der Waals surface area contributed by atoms with E-state index in [0.29, 0.717) is 6.04 Å². The molecule has 72 valence electrons. The summed E-state index contributed by atoms with van der Waals surface area (Å²) >= 11 is 2.27. The molecule has 1 saturated heterocycles. The van der Waals surface area contributed by atoms with Crippen LogP contribution < -0.4 is 0 Å². The molecule has 1 aliphatic rings. The molecule has 1 aliphatic heterocycles. The Morgan fingerprint density at radius 1 is 1.69 bits per heavy atom. The minimum Gasteiger partial charge on any atom is -0.379 e. The van der Waals surface area contributed by atoms with E-state index in [1.54, 1.807) is 0 Å². The lowest BCUT2D eigenvalue weighted by atomic mass is 10.1. The third-order valence-corrected chi connectivity index (χ3v) is 3.43. The molecule has 0 aliphatic carbocycles. The standard InChI is InChI=1S/C9H13IN2O/c1-7-5-12(11-9(7)10)8-3-2-4-13-6-8/h5,8H,2-4,6H2,1H3. The van der Waals surface area contributed by atoms with Crippen LogP contribution in [-0.4, -0.2) is 23.0 Å². The van der Waals surface area contributed by atoms with Crippen molar-refractivity contribution < 1.29 is 4.74 Å². The van der Waals surface area contributed by atoms with Gasteiger partial charge in [-0.2, -0.15) is 5.10 Å². The molecular formula is C9H13IN2O. The van der Waals surface area contributed by atoms with Gasteiger partial charge < -0.3 is 4.74 Å². The fourth-order valence-electron chi connectivity index (χ4n) is 1.58. The highest BCUT2D eigenvalue weighted by atomic mass is 127. The maximum Gasteiger partial charge on any atom is 0.126 e. The summed E-state index contributed by atoms with van der Waals surface area (Å²) < 4.78 is 8.57. The van der Waals surface area contributed by atoms with E-state index in [1.165, 1.54) is 12.0 Å². The minimum atomic E-state index is 0.455. The van der Waals surface area contributed by atoms with E-state index in [0.717, 1.165) is 23.3 Å². The second-order valence-corrected chi connectivity index (χ2v) is 4.48. The zero-order valence-corrected chi connectivity index (χ0v) is 9.82. The quantitative estimate of drug-likeness (QED) is 0.742. The molecule has 1 unspecified atom stereocenters. The average molecular weight is 292 g/mol. The summed E-state index contributed by atoms with van der Waals surface area (Å²) in [5.41, 5.74) is 1.26. The van der Waals surface area contributed by atoms with Crippen molar-refractivity contribution in [3.05, 3.63) is 15.5 Å². The van der Waals surface area contributed by atoms with Crippen molar-refractivity contribution in [2.45, 2.75) is 25.8 Å². The largest absolute Gasteiger partial charge is 0.379 e. The van der Waals surface area contributed by atoms with Gasteiger partial charge in [0.05, 0.1) is 12.6 Å². The van der Waals surface area contributed by atoms with Crippen molar-refractivity contribution in [1.29, 1.82) is 0 Å². The van der Waals surface area contributed by atoms with E-state index in [2.05, 4.69) is 45.5 Å². The zero-order valence-electron chi connectivity index (χ0n) is 7.66. The molecule has 3 nitrogen and oxygen atoms in total. The lowest BCUT2D eigenvalue weighted by Crippen LogP contribution is -2.21. The summed E-state index contributed by atoms with van der Waals surface area (Å²) in [4.78, 5) is 0. The molecule has 0 aromatic carbocycles. The van der Waals surface area contributed by atoms with Crippen molar-refractivity contribution in [3.63, 3.8) is 0 Å². The highest BCUT2D eigenvalue weighted by Gasteiger charge is 2.17. The first kappa shape index (κ1) is 9.45. The molecule has 2 heterocycles. The van der Waals surface area contributed by atoms with Gasteiger partial charge in [-0.25, -0.2) is 0 Å². The molecular weight excluding hydrogens is 279 g/mol. The molecule has 2 rings (SSSR count). The summed E-state index contributed by atoms with van der Waals surface area (Å²) in [6.07, 6.45) is 4.46.